The van der Waals surface area contributed by atoms with Crippen LogP contribution in [0.5, 0.6) is 5.75 Å². The number of carbonyl (C=O) groups is 1. The lowest BCUT2D eigenvalue weighted by Crippen LogP contribution is -2.11. The molecule has 6 heteroatoms. The summed E-state index contributed by atoms with van der Waals surface area (Å²) in [7, 11) is 0. The summed E-state index contributed by atoms with van der Waals surface area (Å²) < 4.78 is 11.0. The highest BCUT2D eigenvalue weighted by Gasteiger charge is 2.24. The zero-order valence-corrected chi connectivity index (χ0v) is 15.2. The predicted octanol–water partition coefficient (Wildman–Crippen LogP) is 4.31. The van der Waals surface area contributed by atoms with E-state index in [1.807, 2.05) is 20.8 Å². The molecule has 0 bridgehead atoms. The van der Waals surface area contributed by atoms with Gasteiger partial charge in [-0.05, 0) is 51.3 Å². The van der Waals surface area contributed by atoms with E-state index in [1.54, 1.807) is 18.2 Å². The molecular formula is C20H21N3O3. The molecule has 0 fully saturated rings. The van der Waals surface area contributed by atoms with Crippen LogP contribution < -0.4 is 4.74 Å². The fourth-order valence-electron chi connectivity index (χ4n) is 3.12. The minimum absolute atomic E-state index is 0.0220. The number of nitrogens with zero attached hydrogens (tertiary/aromatic N) is 3. The van der Waals surface area contributed by atoms with Crippen molar-refractivity contribution in [3.8, 4) is 23.3 Å². The summed E-state index contributed by atoms with van der Waals surface area (Å²) in [5.74, 6) is 1.49. The third kappa shape index (κ3) is 3.52. The first-order chi connectivity index (χ1) is 12.5. The summed E-state index contributed by atoms with van der Waals surface area (Å²) >= 11 is 0. The van der Waals surface area contributed by atoms with E-state index in [0.717, 1.165) is 24.0 Å². The standard InChI is InChI=1S/C20H21N3O3/c1-4-15-16(6-5-7-17(15)24)19-22-20(26-23-19)13-8-9-18(25-12(2)3)14(10-13)11-21/h8-10,12H,4-7H2,1-3H3. The van der Waals surface area contributed by atoms with Gasteiger partial charge in [0, 0.05) is 23.1 Å². The summed E-state index contributed by atoms with van der Waals surface area (Å²) in [4.78, 5) is 16.6. The Labute approximate surface area is 152 Å². The topological polar surface area (TPSA) is 89.0 Å². The Morgan fingerprint density at radius 2 is 2.15 bits per heavy atom. The van der Waals surface area contributed by atoms with E-state index >= 15 is 0 Å². The predicted molar refractivity (Wildman–Crippen MR) is 96.3 cm³/mol. The van der Waals surface area contributed by atoms with Crippen molar-refractivity contribution in [2.75, 3.05) is 0 Å². The lowest BCUT2D eigenvalue weighted by molar-refractivity contribution is -0.116. The van der Waals surface area contributed by atoms with Crippen LogP contribution in [0, 0.1) is 11.3 Å². The summed E-state index contributed by atoms with van der Waals surface area (Å²) in [6, 6.07) is 7.33. The van der Waals surface area contributed by atoms with Crippen LogP contribution in [-0.2, 0) is 4.79 Å². The van der Waals surface area contributed by atoms with E-state index in [-0.39, 0.29) is 11.9 Å². The van der Waals surface area contributed by atoms with E-state index in [9.17, 15) is 10.1 Å². The number of ether oxygens (including phenoxy) is 1. The van der Waals surface area contributed by atoms with Crippen molar-refractivity contribution in [2.24, 2.45) is 0 Å². The van der Waals surface area contributed by atoms with Crippen molar-refractivity contribution in [2.45, 2.75) is 52.6 Å². The number of nitriles is 1. The van der Waals surface area contributed by atoms with E-state index in [2.05, 4.69) is 16.2 Å². The quantitative estimate of drug-likeness (QED) is 0.797. The second-order valence-corrected chi connectivity index (χ2v) is 6.50. The molecule has 1 aliphatic rings. The average molecular weight is 351 g/mol. The molecule has 0 atom stereocenters. The number of hydrogen-bond acceptors (Lipinski definition) is 6. The maximum atomic E-state index is 12.1. The molecule has 0 radical (unpaired) electrons. The third-order valence-corrected chi connectivity index (χ3v) is 4.29. The maximum absolute atomic E-state index is 12.1. The first kappa shape index (κ1) is 17.9. The first-order valence-corrected chi connectivity index (χ1v) is 8.84. The van der Waals surface area contributed by atoms with Gasteiger partial charge in [0.05, 0.1) is 11.7 Å². The highest BCUT2D eigenvalue weighted by molar-refractivity contribution is 6.03. The molecule has 0 N–H and O–H groups in total. The lowest BCUT2D eigenvalue weighted by atomic mass is 9.89. The molecule has 0 saturated carbocycles. The van der Waals surface area contributed by atoms with Crippen molar-refractivity contribution in [1.29, 1.82) is 5.26 Å². The molecule has 1 aliphatic carbocycles. The Morgan fingerprint density at radius 1 is 1.35 bits per heavy atom. The number of allylic oxidation sites excluding steroid dienone is 2. The number of carbonyl (C=O) groups excluding carboxylic acids is 1. The number of Topliss-reactive ketones (excluding diaryl/α,β-unsaturated/α-hetero) is 1. The zero-order chi connectivity index (χ0) is 18.7. The Bertz CT molecular complexity index is 903. The van der Waals surface area contributed by atoms with Crippen molar-refractivity contribution < 1.29 is 14.1 Å². The van der Waals surface area contributed by atoms with Crippen LogP contribution in [0.3, 0.4) is 0 Å². The molecule has 0 amide bonds. The minimum atomic E-state index is -0.0220. The number of ketones is 1. The van der Waals surface area contributed by atoms with E-state index < -0.39 is 0 Å². The fraction of sp³-hybridized carbons (Fsp3) is 0.400. The van der Waals surface area contributed by atoms with Gasteiger partial charge < -0.3 is 9.26 Å². The molecule has 0 aliphatic heterocycles. The number of benzene rings is 1. The molecule has 1 heterocycles. The molecule has 0 unspecified atom stereocenters. The number of rotatable bonds is 5. The van der Waals surface area contributed by atoms with Gasteiger partial charge in [-0.1, -0.05) is 12.1 Å². The second kappa shape index (κ2) is 7.52. The van der Waals surface area contributed by atoms with Crippen molar-refractivity contribution in [1.82, 2.24) is 10.1 Å². The Morgan fingerprint density at radius 3 is 2.85 bits per heavy atom. The van der Waals surface area contributed by atoms with Crippen LogP contribution in [0.15, 0.2) is 28.3 Å². The van der Waals surface area contributed by atoms with Crippen molar-refractivity contribution in [3.63, 3.8) is 0 Å². The average Bonchev–Trinajstić information content (AvgIpc) is 3.11. The smallest absolute Gasteiger partial charge is 0.258 e. The molecule has 6 nitrogen and oxygen atoms in total. The molecule has 0 spiro atoms. The van der Waals surface area contributed by atoms with Crippen LogP contribution in [-0.4, -0.2) is 22.0 Å². The van der Waals surface area contributed by atoms with Gasteiger partial charge in [0.15, 0.2) is 11.6 Å². The van der Waals surface area contributed by atoms with Crippen LogP contribution in [0.4, 0.5) is 0 Å². The van der Waals surface area contributed by atoms with Gasteiger partial charge in [0.25, 0.3) is 5.89 Å². The van der Waals surface area contributed by atoms with Crippen molar-refractivity contribution >= 4 is 11.4 Å². The third-order valence-electron chi connectivity index (χ3n) is 4.29. The largest absolute Gasteiger partial charge is 0.490 e. The van der Waals surface area contributed by atoms with Gasteiger partial charge in [-0.3, -0.25) is 4.79 Å². The summed E-state index contributed by atoms with van der Waals surface area (Å²) in [6.07, 6.45) is 2.81. The monoisotopic (exact) mass is 351 g/mol. The number of hydrogen-bond donors (Lipinski definition) is 0. The summed E-state index contributed by atoms with van der Waals surface area (Å²) in [6.45, 7) is 5.78. The molecule has 0 saturated heterocycles. The minimum Gasteiger partial charge on any atom is -0.490 e. The molecule has 26 heavy (non-hydrogen) atoms. The van der Waals surface area contributed by atoms with E-state index in [0.29, 0.717) is 41.4 Å². The highest BCUT2D eigenvalue weighted by atomic mass is 16.5. The zero-order valence-electron chi connectivity index (χ0n) is 15.2. The SMILES string of the molecule is CCC1=C(c2noc(-c3ccc(OC(C)C)c(C#N)c3)n2)CCCC1=O. The van der Waals surface area contributed by atoms with Crippen LogP contribution in [0.2, 0.25) is 0 Å². The van der Waals surface area contributed by atoms with Crippen LogP contribution in [0.1, 0.15) is 57.8 Å². The van der Waals surface area contributed by atoms with E-state index in [4.69, 9.17) is 9.26 Å². The van der Waals surface area contributed by atoms with Gasteiger partial charge >= 0.3 is 0 Å². The van der Waals surface area contributed by atoms with E-state index in [1.165, 1.54) is 0 Å². The first-order valence-electron chi connectivity index (χ1n) is 8.84. The van der Waals surface area contributed by atoms with Gasteiger partial charge in [0.2, 0.25) is 0 Å². The summed E-state index contributed by atoms with van der Waals surface area (Å²) in [5, 5.41) is 13.4. The fourth-order valence-corrected chi connectivity index (χ4v) is 3.12. The van der Waals surface area contributed by atoms with Gasteiger partial charge in [-0.25, -0.2) is 0 Å². The lowest BCUT2D eigenvalue weighted by Gasteiger charge is -2.15. The summed E-state index contributed by atoms with van der Waals surface area (Å²) in [5.41, 5.74) is 2.73. The Hall–Kier alpha value is -2.94. The highest BCUT2D eigenvalue weighted by Crippen LogP contribution is 2.32. The van der Waals surface area contributed by atoms with Gasteiger partial charge in [-0.2, -0.15) is 10.2 Å². The Balaban J connectivity index is 1.95. The molecule has 134 valence electrons. The molecule has 1 aromatic heterocycles. The maximum Gasteiger partial charge on any atom is 0.258 e. The normalized spacial score (nSPS) is 14.7. The molecular weight excluding hydrogens is 330 g/mol. The van der Waals surface area contributed by atoms with Gasteiger partial charge in [0.1, 0.15) is 11.8 Å². The van der Waals surface area contributed by atoms with Gasteiger partial charge in [-0.15, -0.1) is 0 Å². The molecule has 2 aromatic rings. The van der Waals surface area contributed by atoms with Crippen LogP contribution in [0.25, 0.3) is 17.0 Å². The number of aromatic nitrogens is 2. The molecule has 1 aromatic carbocycles. The van der Waals surface area contributed by atoms with Crippen LogP contribution >= 0.6 is 0 Å². The Kier molecular flexibility index (Phi) is 5.17. The molecule has 3 rings (SSSR count). The second-order valence-electron chi connectivity index (χ2n) is 6.50. The van der Waals surface area contributed by atoms with Crippen molar-refractivity contribution in [3.05, 3.63) is 35.2 Å².